The highest BCUT2D eigenvalue weighted by Gasteiger charge is 2.32. The van der Waals surface area contributed by atoms with E-state index in [1.165, 1.54) is 0 Å². The van der Waals surface area contributed by atoms with Gasteiger partial charge in [0.25, 0.3) is 0 Å². The Kier molecular flexibility index (Phi) is 6.97. The van der Waals surface area contributed by atoms with Crippen molar-refractivity contribution in [2.24, 2.45) is 0 Å². The Morgan fingerprint density at radius 2 is 1.58 bits per heavy atom. The van der Waals surface area contributed by atoms with E-state index in [0.29, 0.717) is 28.9 Å². The van der Waals surface area contributed by atoms with E-state index in [4.69, 9.17) is 14.2 Å². The zero-order valence-corrected chi connectivity index (χ0v) is 15.7. The summed E-state index contributed by atoms with van der Waals surface area (Å²) in [4.78, 5) is 25.5. The quantitative estimate of drug-likeness (QED) is 0.673. The highest BCUT2D eigenvalue weighted by molar-refractivity contribution is 6.07. The molecule has 2 rings (SSSR count). The fourth-order valence-electron chi connectivity index (χ4n) is 3.03. The lowest BCUT2D eigenvalue weighted by Crippen LogP contribution is -2.16. The molecule has 0 aliphatic heterocycles. The van der Waals surface area contributed by atoms with Gasteiger partial charge in [-0.3, -0.25) is 0 Å². The number of carbonyl (C=O) groups is 2. The zero-order chi connectivity index (χ0) is 19.1. The second-order valence-corrected chi connectivity index (χ2v) is 5.55. The summed E-state index contributed by atoms with van der Waals surface area (Å²) in [5.41, 5.74) is 2.66. The number of esters is 2. The Balaban J connectivity index is 2.86. The van der Waals surface area contributed by atoms with Gasteiger partial charge in [0, 0.05) is 18.4 Å². The summed E-state index contributed by atoms with van der Waals surface area (Å²) < 4.78 is 17.5. The Morgan fingerprint density at radius 1 is 0.962 bits per heavy atom. The van der Waals surface area contributed by atoms with Crippen molar-refractivity contribution in [1.82, 2.24) is 4.57 Å². The van der Waals surface area contributed by atoms with E-state index in [9.17, 15) is 9.59 Å². The molecule has 1 aromatic carbocycles. The van der Waals surface area contributed by atoms with Crippen LogP contribution in [-0.2, 0) is 27.4 Å². The van der Waals surface area contributed by atoms with Gasteiger partial charge in [0.2, 0.25) is 0 Å². The molecule has 6 heteroatoms. The smallest absolute Gasteiger partial charge is 0.355 e. The maximum Gasteiger partial charge on any atom is 0.355 e. The molecule has 0 fully saturated rings. The molecule has 0 bridgehead atoms. The molecule has 0 saturated heterocycles. The summed E-state index contributed by atoms with van der Waals surface area (Å²) >= 11 is 0. The molecule has 0 spiro atoms. The monoisotopic (exact) mass is 359 g/mol. The number of rotatable bonds is 8. The predicted octanol–water partition coefficient (Wildman–Crippen LogP) is 3.67. The van der Waals surface area contributed by atoms with Crippen molar-refractivity contribution in [3.63, 3.8) is 0 Å². The van der Waals surface area contributed by atoms with Gasteiger partial charge in [-0.15, -0.1) is 0 Å². The number of aromatic nitrogens is 1. The largest absolute Gasteiger partial charge is 0.462 e. The van der Waals surface area contributed by atoms with Crippen molar-refractivity contribution in [2.45, 2.75) is 33.9 Å². The van der Waals surface area contributed by atoms with Gasteiger partial charge in [-0.05, 0) is 25.8 Å². The second kappa shape index (κ2) is 9.20. The highest BCUT2D eigenvalue weighted by atomic mass is 16.5. The van der Waals surface area contributed by atoms with Gasteiger partial charge in [-0.2, -0.15) is 0 Å². The Labute approximate surface area is 153 Å². The molecule has 0 radical (unpaired) electrons. The van der Waals surface area contributed by atoms with Crippen molar-refractivity contribution in [2.75, 3.05) is 20.3 Å². The average molecular weight is 359 g/mol. The molecule has 0 saturated carbocycles. The lowest BCUT2D eigenvalue weighted by atomic mass is 9.99. The summed E-state index contributed by atoms with van der Waals surface area (Å²) in [5.74, 6) is -0.947. The predicted molar refractivity (Wildman–Crippen MR) is 98.2 cm³/mol. The first kappa shape index (κ1) is 19.7. The molecule has 1 heterocycles. The van der Waals surface area contributed by atoms with Gasteiger partial charge in [-0.25, -0.2) is 9.59 Å². The molecule has 2 aromatic rings. The lowest BCUT2D eigenvalue weighted by molar-refractivity contribution is 0.0490. The van der Waals surface area contributed by atoms with Crippen LogP contribution in [-0.4, -0.2) is 36.8 Å². The standard InChI is InChI=1S/C20H25NO5/c1-5-15-17(19(22)25-6-2)16(14-11-9-8-10-12-14)18(20(23)26-7-3)21(15)13-24-4/h8-12H,5-7,13H2,1-4H3. The SMILES string of the molecule is CCOC(=O)c1c(-c2ccccc2)c(C(=O)OCC)n(COC)c1CC. The Morgan fingerprint density at radius 3 is 2.12 bits per heavy atom. The molecule has 0 aliphatic rings. The van der Waals surface area contributed by atoms with Crippen LogP contribution in [0, 0.1) is 0 Å². The van der Waals surface area contributed by atoms with Crippen LogP contribution < -0.4 is 0 Å². The number of benzene rings is 1. The molecular weight excluding hydrogens is 334 g/mol. The van der Waals surface area contributed by atoms with Crippen LogP contribution >= 0.6 is 0 Å². The highest BCUT2D eigenvalue weighted by Crippen LogP contribution is 2.34. The number of ether oxygens (including phenoxy) is 3. The first-order valence-corrected chi connectivity index (χ1v) is 8.74. The molecule has 0 aliphatic carbocycles. The summed E-state index contributed by atoms with van der Waals surface area (Å²) in [6, 6.07) is 9.32. The maximum atomic E-state index is 12.7. The third kappa shape index (κ3) is 3.80. The minimum Gasteiger partial charge on any atom is -0.462 e. The minimum atomic E-state index is -0.492. The molecule has 0 atom stereocenters. The first-order chi connectivity index (χ1) is 12.6. The van der Waals surface area contributed by atoms with Gasteiger partial charge < -0.3 is 18.8 Å². The minimum absolute atomic E-state index is 0.135. The van der Waals surface area contributed by atoms with Crippen LogP contribution in [0.25, 0.3) is 11.1 Å². The van der Waals surface area contributed by atoms with E-state index in [-0.39, 0.29) is 19.9 Å². The molecular formula is C20H25NO5. The van der Waals surface area contributed by atoms with Gasteiger partial charge in [0.15, 0.2) is 0 Å². The molecule has 0 unspecified atom stereocenters. The van der Waals surface area contributed by atoms with Crippen molar-refractivity contribution in [3.8, 4) is 11.1 Å². The first-order valence-electron chi connectivity index (χ1n) is 8.74. The molecule has 26 heavy (non-hydrogen) atoms. The van der Waals surface area contributed by atoms with Crippen LogP contribution in [0.15, 0.2) is 30.3 Å². The summed E-state index contributed by atoms with van der Waals surface area (Å²) in [6.07, 6.45) is 0.538. The average Bonchev–Trinajstić information content (AvgIpc) is 2.97. The molecule has 6 nitrogen and oxygen atoms in total. The fraction of sp³-hybridized carbons (Fsp3) is 0.400. The summed E-state index contributed by atoms with van der Waals surface area (Å²) in [7, 11) is 1.54. The van der Waals surface area contributed by atoms with Crippen LogP contribution in [0.4, 0.5) is 0 Å². The topological polar surface area (TPSA) is 66.8 Å². The number of carbonyl (C=O) groups excluding carboxylic acids is 2. The fourth-order valence-corrected chi connectivity index (χ4v) is 3.03. The van der Waals surface area contributed by atoms with E-state index < -0.39 is 11.9 Å². The van der Waals surface area contributed by atoms with Crippen molar-refractivity contribution in [3.05, 3.63) is 47.3 Å². The zero-order valence-electron chi connectivity index (χ0n) is 15.7. The van der Waals surface area contributed by atoms with Crippen LogP contribution in [0.1, 0.15) is 47.3 Å². The lowest BCUT2D eigenvalue weighted by Gasteiger charge is -2.12. The van der Waals surface area contributed by atoms with Crippen molar-refractivity contribution in [1.29, 1.82) is 0 Å². The van der Waals surface area contributed by atoms with Crippen LogP contribution in [0.3, 0.4) is 0 Å². The normalized spacial score (nSPS) is 10.6. The second-order valence-electron chi connectivity index (χ2n) is 5.55. The van der Waals surface area contributed by atoms with E-state index >= 15 is 0 Å². The number of hydrogen-bond donors (Lipinski definition) is 0. The van der Waals surface area contributed by atoms with Crippen LogP contribution in [0.2, 0.25) is 0 Å². The number of hydrogen-bond acceptors (Lipinski definition) is 5. The van der Waals surface area contributed by atoms with E-state index in [1.54, 1.807) is 25.5 Å². The van der Waals surface area contributed by atoms with E-state index in [1.807, 2.05) is 37.3 Å². The van der Waals surface area contributed by atoms with Gasteiger partial charge in [0.1, 0.15) is 12.4 Å². The van der Waals surface area contributed by atoms with Gasteiger partial charge in [-0.1, -0.05) is 37.3 Å². The molecule has 140 valence electrons. The maximum absolute atomic E-state index is 12.7. The third-order valence-corrected chi connectivity index (χ3v) is 3.98. The van der Waals surface area contributed by atoms with Gasteiger partial charge in [0.05, 0.1) is 18.8 Å². The number of nitrogens with zero attached hydrogens (tertiary/aromatic N) is 1. The number of methoxy groups -OCH3 is 1. The third-order valence-electron chi connectivity index (χ3n) is 3.98. The summed E-state index contributed by atoms with van der Waals surface area (Å²) in [5, 5.41) is 0. The van der Waals surface area contributed by atoms with E-state index in [2.05, 4.69) is 0 Å². The Bertz CT molecular complexity index is 764. The van der Waals surface area contributed by atoms with E-state index in [0.717, 1.165) is 5.56 Å². The molecule has 1 aromatic heterocycles. The summed E-state index contributed by atoms with van der Waals surface area (Å²) in [6.45, 7) is 6.05. The van der Waals surface area contributed by atoms with Crippen molar-refractivity contribution >= 4 is 11.9 Å². The molecule has 0 amide bonds. The Hall–Kier alpha value is -2.60. The van der Waals surface area contributed by atoms with Crippen LogP contribution in [0.5, 0.6) is 0 Å². The molecule has 0 N–H and O–H groups in total. The van der Waals surface area contributed by atoms with Crippen molar-refractivity contribution < 1.29 is 23.8 Å². The van der Waals surface area contributed by atoms with Gasteiger partial charge >= 0.3 is 11.9 Å².